The number of thiazole rings is 1. The number of hydrogen-bond acceptors (Lipinski definition) is 7. The molecule has 0 fully saturated rings. The van der Waals surface area contributed by atoms with Gasteiger partial charge in [0.2, 0.25) is 5.82 Å². The Morgan fingerprint density at radius 3 is 2.65 bits per heavy atom. The van der Waals surface area contributed by atoms with Crippen LogP contribution in [0.2, 0.25) is 0 Å². The lowest BCUT2D eigenvalue weighted by Gasteiger charge is -2.13. The van der Waals surface area contributed by atoms with Crippen LogP contribution in [-0.2, 0) is 0 Å². The predicted molar refractivity (Wildman–Crippen MR) is 102 cm³/mol. The molecule has 0 saturated heterocycles. The SMILES string of the molecule is COc1ccc(-c2nc(C)c(C(C)Nc3ncccc3[N+](=O)[O-])s2)cc1. The molecule has 26 heavy (non-hydrogen) atoms. The molecule has 1 N–H and O–H groups in total. The van der Waals surface area contributed by atoms with E-state index < -0.39 is 4.92 Å². The fraction of sp³-hybridized carbons (Fsp3) is 0.222. The van der Waals surface area contributed by atoms with Gasteiger partial charge in [-0.05, 0) is 44.2 Å². The minimum Gasteiger partial charge on any atom is -0.497 e. The Kier molecular flexibility index (Phi) is 5.13. The molecule has 134 valence electrons. The monoisotopic (exact) mass is 370 g/mol. The minimum absolute atomic E-state index is 0.0445. The highest BCUT2D eigenvalue weighted by Crippen LogP contribution is 2.34. The highest BCUT2D eigenvalue weighted by molar-refractivity contribution is 7.15. The molecule has 0 aliphatic heterocycles. The van der Waals surface area contributed by atoms with Crippen LogP contribution in [0.4, 0.5) is 11.5 Å². The van der Waals surface area contributed by atoms with Gasteiger partial charge in [0.25, 0.3) is 0 Å². The van der Waals surface area contributed by atoms with Crippen LogP contribution in [0.25, 0.3) is 10.6 Å². The van der Waals surface area contributed by atoms with Crippen molar-refractivity contribution < 1.29 is 9.66 Å². The van der Waals surface area contributed by atoms with E-state index in [4.69, 9.17) is 4.74 Å². The molecular formula is C18H18N4O3S. The standard InChI is InChI=1S/C18H18N4O3S/c1-11(20-17-15(22(23)24)5-4-10-19-17)16-12(2)21-18(26-16)13-6-8-14(25-3)9-7-13/h4-11H,1-3H3,(H,19,20). The molecule has 0 saturated carbocycles. The number of rotatable bonds is 6. The predicted octanol–water partition coefficient (Wildman–Crippen LogP) is 4.60. The van der Waals surface area contributed by atoms with Crippen molar-refractivity contribution in [3.8, 4) is 16.3 Å². The highest BCUT2D eigenvalue weighted by Gasteiger charge is 2.20. The smallest absolute Gasteiger partial charge is 0.311 e. The second kappa shape index (κ2) is 7.49. The van der Waals surface area contributed by atoms with E-state index in [0.29, 0.717) is 0 Å². The number of nitrogens with one attached hydrogen (secondary N) is 1. The molecule has 3 aromatic rings. The summed E-state index contributed by atoms with van der Waals surface area (Å²) in [5.41, 5.74) is 1.84. The van der Waals surface area contributed by atoms with Gasteiger partial charge in [-0.15, -0.1) is 11.3 Å². The Labute approximate surface area is 154 Å². The van der Waals surface area contributed by atoms with Crippen molar-refractivity contribution in [3.05, 3.63) is 63.3 Å². The van der Waals surface area contributed by atoms with Crippen LogP contribution in [0.1, 0.15) is 23.5 Å². The van der Waals surface area contributed by atoms with Crippen LogP contribution < -0.4 is 10.1 Å². The van der Waals surface area contributed by atoms with Crippen molar-refractivity contribution >= 4 is 22.8 Å². The van der Waals surface area contributed by atoms with Crippen LogP contribution in [0.3, 0.4) is 0 Å². The molecule has 1 aromatic carbocycles. The summed E-state index contributed by atoms with van der Waals surface area (Å²) in [6.07, 6.45) is 1.53. The van der Waals surface area contributed by atoms with Gasteiger partial charge in [-0.1, -0.05) is 0 Å². The van der Waals surface area contributed by atoms with Crippen molar-refractivity contribution in [2.75, 3.05) is 12.4 Å². The largest absolute Gasteiger partial charge is 0.497 e. The summed E-state index contributed by atoms with van der Waals surface area (Å²) >= 11 is 1.56. The van der Waals surface area contributed by atoms with Crippen molar-refractivity contribution in [3.63, 3.8) is 0 Å². The maximum absolute atomic E-state index is 11.2. The average Bonchev–Trinajstić information content (AvgIpc) is 3.04. The van der Waals surface area contributed by atoms with Gasteiger partial charge in [0.15, 0.2) is 0 Å². The van der Waals surface area contributed by atoms with E-state index in [1.165, 1.54) is 12.3 Å². The number of pyridine rings is 1. The van der Waals surface area contributed by atoms with Crippen LogP contribution in [-0.4, -0.2) is 22.0 Å². The van der Waals surface area contributed by atoms with Crippen molar-refractivity contribution in [1.82, 2.24) is 9.97 Å². The highest BCUT2D eigenvalue weighted by atomic mass is 32.1. The molecule has 3 rings (SSSR count). The maximum atomic E-state index is 11.2. The molecule has 1 atom stereocenters. The quantitative estimate of drug-likeness (QED) is 0.504. The average molecular weight is 370 g/mol. The number of ether oxygens (including phenoxy) is 1. The molecule has 8 heteroatoms. The van der Waals surface area contributed by atoms with Gasteiger partial charge in [-0.2, -0.15) is 0 Å². The summed E-state index contributed by atoms with van der Waals surface area (Å²) in [7, 11) is 1.63. The molecule has 0 amide bonds. The second-order valence-electron chi connectivity index (χ2n) is 5.69. The Balaban J connectivity index is 1.85. The Morgan fingerprint density at radius 2 is 2.00 bits per heavy atom. The zero-order valence-corrected chi connectivity index (χ0v) is 15.4. The molecule has 0 spiro atoms. The first-order chi connectivity index (χ1) is 12.5. The van der Waals surface area contributed by atoms with E-state index in [-0.39, 0.29) is 17.5 Å². The van der Waals surface area contributed by atoms with Crippen molar-refractivity contribution in [2.45, 2.75) is 19.9 Å². The lowest BCUT2D eigenvalue weighted by molar-refractivity contribution is -0.384. The van der Waals surface area contributed by atoms with Crippen LogP contribution in [0.15, 0.2) is 42.6 Å². The molecule has 0 bridgehead atoms. The van der Waals surface area contributed by atoms with Crippen LogP contribution in [0, 0.1) is 17.0 Å². The summed E-state index contributed by atoms with van der Waals surface area (Å²) < 4.78 is 5.18. The number of nitrogens with zero attached hydrogens (tertiary/aromatic N) is 3. The number of hydrogen-bond donors (Lipinski definition) is 1. The van der Waals surface area contributed by atoms with Gasteiger partial charge in [0.05, 0.1) is 23.8 Å². The zero-order valence-electron chi connectivity index (χ0n) is 14.6. The number of nitro groups is 1. The van der Waals surface area contributed by atoms with Crippen LogP contribution in [0.5, 0.6) is 5.75 Å². The van der Waals surface area contributed by atoms with Gasteiger partial charge in [-0.25, -0.2) is 9.97 Å². The molecule has 0 aliphatic carbocycles. The Hall–Kier alpha value is -3.00. The van der Waals surface area contributed by atoms with E-state index >= 15 is 0 Å². The topological polar surface area (TPSA) is 90.2 Å². The number of aromatic nitrogens is 2. The Bertz CT molecular complexity index is 924. The summed E-state index contributed by atoms with van der Waals surface area (Å²) in [4.78, 5) is 20.5. The third kappa shape index (κ3) is 3.65. The number of benzene rings is 1. The third-order valence-electron chi connectivity index (χ3n) is 3.90. The maximum Gasteiger partial charge on any atom is 0.311 e. The lowest BCUT2D eigenvalue weighted by atomic mass is 10.2. The molecule has 1 unspecified atom stereocenters. The fourth-order valence-electron chi connectivity index (χ4n) is 2.59. The van der Waals surface area contributed by atoms with Crippen molar-refractivity contribution in [1.29, 1.82) is 0 Å². The van der Waals surface area contributed by atoms with E-state index in [1.54, 1.807) is 24.5 Å². The van der Waals surface area contributed by atoms with Gasteiger partial charge < -0.3 is 10.1 Å². The first-order valence-electron chi connectivity index (χ1n) is 7.97. The minimum atomic E-state index is -0.440. The molecule has 2 aromatic heterocycles. The molecule has 0 radical (unpaired) electrons. The lowest BCUT2D eigenvalue weighted by Crippen LogP contribution is -2.09. The third-order valence-corrected chi connectivity index (χ3v) is 5.29. The van der Waals surface area contributed by atoms with E-state index in [0.717, 1.165) is 26.9 Å². The fourth-order valence-corrected chi connectivity index (χ4v) is 3.67. The van der Waals surface area contributed by atoms with Crippen LogP contribution >= 0.6 is 11.3 Å². The molecule has 0 aliphatic rings. The molecule has 2 heterocycles. The van der Waals surface area contributed by atoms with E-state index in [2.05, 4.69) is 15.3 Å². The second-order valence-corrected chi connectivity index (χ2v) is 6.72. The summed E-state index contributed by atoms with van der Waals surface area (Å²) in [5, 5.41) is 15.2. The number of aryl methyl sites for hydroxylation is 1. The summed E-state index contributed by atoms with van der Waals surface area (Å²) in [5.74, 6) is 1.04. The zero-order chi connectivity index (χ0) is 18.7. The van der Waals surface area contributed by atoms with E-state index in [1.807, 2.05) is 38.1 Å². The number of methoxy groups -OCH3 is 1. The van der Waals surface area contributed by atoms with Crippen molar-refractivity contribution in [2.24, 2.45) is 0 Å². The number of anilines is 1. The van der Waals surface area contributed by atoms with E-state index in [9.17, 15) is 10.1 Å². The molecule has 7 nitrogen and oxygen atoms in total. The van der Waals surface area contributed by atoms with Gasteiger partial charge in [0.1, 0.15) is 10.8 Å². The first-order valence-corrected chi connectivity index (χ1v) is 8.79. The van der Waals surface area contributed by atoms with Gasteiger partial charge in [0, 0.05) is 22.7 Å². The van der Waals surface area contributed by atoms with Gasteiger partial charge in [-0.3, -0.25) is 10.1 Å². The summed E-state index contributed by atoms with van der Waals surface area (Å²) in [6, 6.07) is 10.5. The first kappa shape index (κ1) is 17.8. The van der Waals surface area contributed by atoms with Gasteiger partial charge >= 0.3 is 5.69 Å². The molecular weight excluding hydrogens is 352 g/mol. The normalized spacial score (nSPS) is 11.8. The summed E-state index contributed by atoms with van der Waals surface area (Å²) in [6.45, 7) is 3.88. The Morgan fingerprint density at radius 1 is 1.27 bits per heavy atom.